The van der Waals surface area contributed by atoms with E-state index in [1.165, 1.54) is 0 Å². The highest BCUT2D eigenvalue weighted by atomic mass is 31.2. The van der Waals surface area contributed by atoms with Crippen molar-refractivity contribution in [3.63, 3.8) is 0 Å². The number of ether oxygens (including phenoxy) is 2. The van der Waals surface area contributed by atoms with Crippen LogP contribution in [0.3, 0.4) is 0 Å². The maximum atomic E-state index is 12.3. The molecule has 0 saturated heterocycles. The summed E-state index contributed by atoms with van der Waals surface area (Å²) in [5.74, 6) is 0. The third kappa shape index (κ3) is 8.47. The molecule has 142 valence electrons. The van der Waals surface area contributed by atoms with E-state index in [0.717, 1.165) is 12.8 Å². The van der Waals surface area contributed by atoms with E-state index in [1.807, 2.05) is 20.8 Å². The SMILES string of the molecule is CCOP(=O)(CCCOCC1(NC(=O)OC(C)(C)C)CC1)OCC. The Hall–Kier alpha value is -0.620. The molecule has 1 amide bonds. The minimum Gasteiger partial charge on any atom is -0.444 e. The zero-order chi connectivity index (χ0) is 18.3. The van der Waals surface area contributed by atoms with Crippen LogP contribution in [0.1, 0.15) is 53.9 Å². The standard InChI is InChI=1S/C16H32NO6P/c1-6-21-24(19,22-7-2)12-8-11-20-13-16(9-10-16)17-14(18)23-15(3,4)5/h6-13H2,1-5H3,(H,17,18). The summed E-state index contributed by atoms with van der Waals surface area (Å²) in [5, 5.41) is 2.88. The molecule has 1 fully saturated rings. The van der Waals surface area contributed by atoms with Crippen LogP contribution in [0.15, 0.2) is 0 Å². The van der Waals surface area contributed by atoms with E-state index >= 15 is 0 Å². The molecular formula is C16H32NO6P. The van der Waals surface area contributed by atoms with Crippen LogP contribution in [-0.4, -0.2) is 49.8 Å². The first-order chi connectivity index (χ1) is 11.1. The predicted molar refractivity (Wildman–Crippen MR) is 92.5 cm³/mol. The summed E-state index contributed by atoms with van der Waals surface area (Å²) in [6.45, 7) is 10.7. The molecule has 1 rings (SSSR count). The van der Waals surface area contributed by atoms with E-state index in [2.05, 4.69) is 5.32 Å². The van der Waals surface area contributed by atoms with Gasteiger partial charge in [0.25, 0.3) is 0 Å². The maximum Gasteiger partial charge on any atom is 0.408 e. The van der Waals surface area contributed by atoms with Crippen molar-refractivity contribution in [2.45, 2.75) is 65.0 Å². The van der Waals surface area contributed by atoms with Gasteiger partial charge in [0, 0.05) is 6.61 Å². The van der Waals surface area contributed by atoms with Gasteiger partial charge in [-0.3, -0.25) is 4.57 Å². The Morgan fingerprint density at radius 3 is 2.21 bits per heavy atom. The number of carbonyl (C=O) groups excluding carboxylic acids is 1. The van der Waals surface area contributed by atoms with Gasteiger partial charge in [0.15, 0.2) is 0 Å². The minimum atomic E-state index is -3.00. The molecule has 1 N–H and O–H groups in total. The summed E-state index contributed by atoms with van der Waals surface area (Å²) in [6.07, 6.45) is 2.26. The fourth-order valence-electron chi connectivity index (χ4n) is 2.16. The van der Waals surface area contributed by atoms with Gasteiger partial charge in [-0.05, 0) is 53.9 Å². The van der Waals surface area contributed by atoms with Crippen molar-refractivity contribution in [1.82, 2.24) is 5.32 Å². The molecule has 0 aromatic carbocycles. The smallest absolute Gasteiger partial charge is 0.408 e. The lowest BCUT2D eigenvalue weighted by Gasteiger charge is -2.23. The Balaban J connectivity index is 2.25. The fraction of sp³-hybridized carbons (Fsp3) is 0.938. The molecule has 0 aromatic heterocycles. The van der Waals surface area contributed by atoms with Crippen LogP contribution in [0, 0.1) is 0 Å². The van der Waals surface area contributed by atoms with Gasteiger partial charge < -0.3 is 23.8 Å². The van der Waals surface area contributed by atoms with E-state index in [0.29, 0.717) is 39.0 Å². The number of amides is 1. The van der Waals surface area contributed by atoms with Crippen LogP contribution in [0.4, 0.5) is 4.79 Å². The first-order valence-electron chi connectivity index (χ1n) is 8.61. The summed E-state index contributed by atoms with van der Waals surface area (Å²) in [5.41, 5.74) is -0.827. The monoisotopic (exact) mass is 365 g/mol. The molecule has 0 spiro atoms. The number of hydrogen-bond donors (Lipinski definition) is 1. The summed E-state index contributed by atoms with van der Waals surface area (Å²) < 4.78 is 33.7. The van der Waals surface area contributed by atoms with E-state index in [-0.39, 0.29) is 5.54 Å². The lowest BCUT2D eigenvalue weighted by Crippen LogP contribution is -2.43. The maximum absolute atomic E-state index is 12.3. The van der Waals surface area contributed by atoms with Crippen LogP contribution in [0.2, 0.25) is 0 Å². The van der Waals surface area contributed by atoms with Gasteiger partial charge in [-0.15, -0.1) is 0 Å². The molecule has 0 unspecified atom stereocenters. The Bertz CT molecular complexity index is 434. The number of alkyl carbamates (subject to hydrolysis) is 1. The Morgan fingerprint density at radius 2 is 1.75 bits per heavy atom. The van der Waals surface area contributed by atoms with Gasteiger partial charge in [0.1, 0.15) is 5.60 Å². The third-order valence-corrected chi connectivity index (χ3v) is 5.54. The average Bonchev–Trinajstić information content (AvgIpc) is 3.16. The zero-order valence-corrected chi connectivity index (χ0v) is 16.4. The number of hydrogen-bond acceptors (Lipinski definition) is 6. The second-order valence-electron chi connectivity index (χ2n) is 6.98. The summed E-state index contributed by atoms with van der Waals surface area (Å²) >= 11 is 0. The molecule has 7 nitrogen and oxygen atoms in total. The lowest BCUT2D eigenvalue weighted by atomic mass is 10.2. The molecule has 1 aliphatic rings. The normalized spacial score (nSPS) is 16.7. The highest BCUT2D eigenvalue weighted by molar-refractivity contribution is 7.53. The van der Waals surface area contributed by atoms with E-state index in [1.54, 1.807) is 13.8 Å². The molecule has 8 heteroatoms. The van der Waals surface area contributed by atoms with Crippen molar-refractivity contribution in [3.8, 4) is 0 Å². The van der Waals surface area contributed by atoms with Crippen LogP contribution >= 0.6 is 7.60 Å². The van der Waals surface area contributed by atoms with Crippen LogP contribution < -0.4 is 5.32 Å². The van der Waals surface area contributed by atoms with Crippen LogP contribution in [-0.2, 0) is 23.1 Å². The molecule has 1 saturated carbocycles. The molecule has 0 atom stereocenters. The molecule has 1 aliphatic carbocycles. The van der Waals surface area contributed by atoms with Crippen LogP contribution in [0.25, 0.3) is 0 Å². The van der Waals surface area contributed by atoms with E-state index in [4.69, 9.17) is 18.5 Å². The molecule has 0 heterocycles. The fourth-order valence-corrected chi connectivity index (χ4v) is 3.80. The predicted octanol–water partition coefficient (Wildman–Crippen LogP) is 3.72. The number of carbonyl (C=O) groups is 1. The van der Waals surface area contributed by atoms with Gasteiger partial charge in [0.2, 0.25) is 0 Å². The average molecular weight is 365 g/mol. The first-order valence-corrected chi connectivity index (χ1v) is 10.3. The highest BCUT2D eigenvalue weighted by Gasteiger charge is 2.45. The summed E-state index contributed by atoms with van der Waals surface area (Å²) in [7, 11) is -3.00. The molecule has 0 bridgehead atoms. The summed E-state index contributed by atoms with van der Waals surface area (Å²) in [4.78, 5) is 11.8. The van der Waals surface area contributed by atoms with Crippen molar-refractivity contribution < 1.29 is 27.9 Å². The second kappa shape index (κ2) is 9.18. The lowest BCUT2D eigenvalue weighted by molar-refractivity contribution is 0.0421. The van der Waals surface area contributed by atoms with Crippen LogP contribution in [0.5, 0.6) is 0 Å². The summed E-state index contributed by atoms with van der Waals surface area (Å²) in [6, 6.07) is 0. The molecular weight excluding hydrogens is 333 g/mol. The molecule has 0 radical (unpaired) electrons. The first kappa shape index (κ1) is 21.4. The largest absolute Gasteiger partial charge is 0.444 e. The molecule has 0 aliphatic heterocycles. The second-order valence-corrected chi connectivity index (χ2v) is 9.17. The Kier molecular flexibility index (Phi) is 8.20. The Morgan fingerprint density at radius 1 is 1.17 bits per heavy atom. The van der Waals surface area contributed by atoms with E-state index < -0.39 is 19.3 Å². The molecule has 24 heavy (non-hydrogen) atoms. The van der Waals surface area contributed by atoms with Gasteiger partial charge in [-0.25, -0.2) is 4.79 Å². The van der Waals surface area contributed by atoms with Gasteiger partial charge in [0.05, 0.1) is 31.5 Å². The van der Waals surface area contributed by atoms with E-state index in [9.17, 15) is 9.36 Å². The van der Waals surface area contributed by atoms with Gasteiger partial charge in [-0.2, -0.15) is 0 Å². The van der Waals surface area contributed by atoms with Crippen molar-refractivity contribution in [3.05, 3.63) is 0 Å². The van der Waals surface area contributed by atoms with Gasteiger partial charge in [-0.1, -0.05) is 0 Å². The van der Waals surface area contributed by atoms with Crippen molar-refractivity contribution >= 4 is 13.7 Å². The van der Waals surface area contributed by atoms with Crippen molar-refractivity contribution in [2.24, 2.45) is 0 Å². The highest BCUT2D eigenvalue weighted by Crippen LogP contribution is 2.48. The van der Waals surface area contributed by atoms with Crippen molar-refractivity contribution in [1.29, 1.82) is 0 Å². The Labute approximate surface area is 145 Å². The van der Waals surface area contributed by atoms with Gasteiger partial charge >= 0.3 is 13.7 Å². The molecule has 0 aromatic rings. The minimum absolute atomic E-state index is 0.314. The third-order valence-electron chi connectivity index (χ3n) is 3.37. The number of rotatable bonds is 11. The zero-order valence-electron chi connectivity index (χ0n) is 15.6. The van der Waals surface area contributed by atoms with Crippen molar-refractivity contribution in [2.75, 3.05) is 32.6 Å². The quantitative estimate of drug-likeness (QED) is 0.444. The number of nitrogens with one attached hydrogen (secondary N) is 1. The topological polar surface area (TPSA) is 83.1 Å².